The lowest BCUT2D eigenvalue weighted by molar-refractivity contribution is -0.169. The zero-order chi connectivity index (χ0) is 43.2. The van der Waals surface area contributed by atoms with Crippen molar-refractivity contribution in [3.63, 3.8) is 0 Å². The molecule has 0 N–H and O–H groups in total. The van der Waals surface area contributed by atoms with Gasteiger partial charge in [0.1, 0.15) is 46.7 Å². The Morgan fingerprint density at radius 2 is 0.688 bits per heavy atom. The van der Waals surface area contributed by atoms with E-state index in [2.05, 4.69) is 72.8 Å². The summed E-state index contributed by atoms with van der Waals surface area (Å²) in [5.41, 5.74) is 2.53. The molecular formula is C52H44O10P2. The summed E-state index contributed by atoms with van der Waals surface area (Å²) >= 11 is 0. The van der Waals surface area contributed by atoms with Gasteiger partial charge in [-0.05, 0) is 95.1 Å². The van der Waals surface area contributed by atoms with Crippen LogP contribution in [0, 0.1) is 0 Å². The highest BCUT2D eigenvalue weighted by Gasteiger charge is 2.50. The molecule has 322 valence electrons. The molecule has 2 aromatic heterocycles. The van der Waals surface area contributed by atoms with E-state index in [0.717, 1.165) is 64.6 Å². The van der Waals surface area contributed by atoms with Crippen molar-refractivity contribution in [2.45, 2.75) is 63.7 Å². The van der Waals surface area contributed by atoms with E-state index in [4.69, 9.17) is 44.8 Å². The van der Waals surface area contributed by atoms with Crippen LogP contribution in [0.25, 0.3) is 87.0 Å². The van der Waals surface area contributed by atoms with E-state index in [1.807, 2.05) is 100 Å². The van der Waals surface area contributed by atoms with Crippen LogP contribution >= 0.6 is 16.5 Å². The highest BCUT2D eigenvalue weighted by molar-refractivity contribution is 7.32. The summed E-state index contributed by atoms with van der Waals surface area (Å²) in [4.78, 5) is 0. The minimum atomic E-state index is -2.18. The van der Waals surface area contributed by atoms with Crippen LogP contribution in [0.2, 0.25) is 0 Å². The summed E-state index contributed by atoms with van der Waals surface area (Å²) in [6.07, 6.45) is -3.14. The molecule has 0 saturated carbocycles. The maximum atomic E-state index is 7.21. The third-order valence-corrected chi connectivity index (χ3v) is 14.5. The Bertz CT molecular complexity index is 3110. The van der Waals surface area contributed by atoms with Crippen molar-refractivity contribution in [3.8, 4) is 0 Å². The third kappa shape index (κ3) is 7.06. The van der Waals surface area contributed by atoms with Gasteiger partial charge in [0, 0.05) is 21.5 Å². The van der Waals surface area contributed by atoms with Crippen molar-refractivity contribution in [2.24, 2.45) is 0 Å². The number of ether oxygens (including phenoxy) is 4. The predicted octanol–water partition coefficient (Wildman–Crippen LogP) is 14.1. The molecule has 10 nitrogen and oxygen atoms in total. The summed E-state index contributed by atoms with van der Waals surface area (Å²) in [5, 5.41) is 12.2. The molecule has 2 aliphatic rings. The van der Waals surface area contributed by atoms with Gasteiger partial charge in [-0.25, -0.2) is 0 Å². The first-order valence-corrected chi connectivity index (χ1v) is 23.7. The summed E-state index contributed by atoms with van der Waals surface area (Å²) in [5.74, 6) is -1.83. The predicted molar refractivity (Wildman–Crippen MR) is 253 cm³/mol. The lowest BCUT2D eigenvalue weighted by Gasteiger charge is -2.32. The molecule has 0 unspecified atom stereocenters. The molecule has 0 spiro atoms. The first-order valence-electron chi connectivity index (χ1n) is 21.5. The van der Waals surface area contributed by atoms with Crippen molar-refractivity contribution in [3.05, 3.63) is 146 Å². The molecule has 0 amide bonds. The number of hydrogen-bond acceptors (Lipinski definition) is 10. The molecule has 12 rings (SSSR count). The second kappa shape index (κ2) is 15.5. The fourth-order valence-electron chi connectivity index (χ4n) is 9.42. The Hall–Kier alpha value is -5.64. The largest absolute Gasteiger partial charge is 0.399 e. The van der Waals surface area contributed by atoms with E-state index >= 15 is 0 Å². The third-order valence-electron chi connectivity index (χ3n) is 12.3. The zero-order valence-electron chi connectivity index (χ0n) is 35.6. The van der Waals surface area contributed by atoms with Gasteiger partial charge in [0.25, 0.3) is 0 Å². The van der Waals surface area contributed by atoms with Gasteiger partial charge in [0.2, 0.25) is 0 Å². The lowest BCUT2D eigenvalue weighted by atomic mass is 9.99. The SMILES string of the molecule is CC1(C)OC[C@H]([C@@H](Op2oc3ccc4ccccc4c3c3c(ccc4ccccc43)o2)[C@H](Op2oc3ccc4ccccc4c3c3c(ccc4ccccc43)o2)[C@H]2COC(C)(C)O2)O1. The van der Waals surface area contributed by atoms with Crippen molar-refractivity contribution in [1.82, 2.24) is 0 Å². The number of hydrogen-bond donors (Lipinski definition) is 0. The van der Waals surface area contributed by atoms with Crippen LogP contribution in [0.3, 0.4) is 0 Å². The minimum Gasteiger partial charge on any atom is -0.399 e. The molecule has 8 aromatic carbocycles. The molecule has 10 aromatic rings. The van der Waals surface area contributed by atoms with Crippen molar-refractivity contribution >= 4 is 103 Å². The van der Waals surface area contributed by atoms with Crippen molar-refractivity contribution in [2.75, 3.05) is 13.2 Å². The minimum absolute atomic E-state index is 0.198. The van der Waals surface area contributed by atoms with E-state index in [1.165, 1.54) is 0 Å². The number of rotatable bonds is 7. The second-order valence-electron chi connectivity index (χ2n) is 17.3. The second-order valence-corrected chi connectivity index (χ2v) is 19.4. The van der Waals surface area contributed by atoms with Crippen LogP contribution in [-0.2, 0) is 18.9 Å². The lowest BCUT2D eigenvalue weighted by Crippen LogP contribution is -2.52. The quantitative estimate of drug-likeness (QED) is 0.153. The highest BCUT2D eigenvalue weighted by Crippen LogP contribution is 2.45. The van der Waals surface area contributed by atoms with Gasteiger partial charge < -0.3 is 35.7 Å². The van der Waals surface area contributed by atoms with Gasteiger partial charge in [0.05, 0.1) is 13.2 Å². The van der Waals surface area contributed by atoms with Gasteiger partial charge in [-0.1, -0.05) is 121 Å². The topological polar surface area (TPSA) is 108 Å². The maximum absolute atomic E-state index is 7.21. The molecule has 4 heterocycles. The summed E-state index contributed by atoms with van der Waals surface area (Å²) in [6, 6.07) is 49.5. The van der Waals surface area contributed by atoms with Gasteiger partial charge in [-0.15, -0.1) is 0 Å². The first kappa shape index (κ1) is 39.9. The molecule has 0 aliphatic carbocycles. The van der Waals surface area contributed by atoms with Crippen LogP contribution in [0.5, 0.6) is 0 Å². The van der Waals surface area contributed by atoms with Crippen LogP contribution in [-0.4, -0.2) is 49.2 Å². The van der Waals surface area contributed by atoms with E-state index in [1.54, 1.807) is 0 Å². The van der Waals surface area contributed by atoms with Gasteiger partial charge in [-0.3, -0.25) is 9.05 Å². The van der Waals surface area contributed by atoms with Gasteiger partial charge in [-0.2, -0.15) is 0 Å². The Balaban J connectivity index is 1.08. The maximum Gasteiger partial charge on any atom is 0.387 e. The van der Waals surface area contributed by atoms with Crippen molar-refractivity contribution < 1.29 is 44.8 Å². The molecule has 0 bridgehead atoms. The van der Waals surface area contributed by atoms with Gasteiger partial charge in [0.15, 0.2) is 11.6 Å². The van der Waals surface area contributed by atoms with Crippen LogP contribution in [0.1, 0.15) is 27.7 Å². The molecule has 64 heavy (non-hydrogen) atoms. The van der Waals surface area contributed by atoms with E-state index < -0.39 is 52.5 Å². The summed E-state index contributed by atoms with van der Waals surface area (Å²) in [7, 11) is -4.36. The normalized spacial score (nSPS) is 19.4. The standard InChI is InChI=1S/C52H44O10P2/c1-51(2)53-29-43(55-51)49(61-63-57-39-25-21-31-13-5-9-17-35(31)45(39)46-36-18-10-6-14-32(36)22-26-40(46)58-63)50(44-30-54-52(3,4)56-44)62-64-59-41-27-23-33-15-7-11-19-37(33)47(41)48-38-20-12-8-16-34(38)24-28-42(48)60-64/h5-28,43-44,49-50H,29-30H2,1-4H3/t43-,44-,49-,50-/m1/s1. The number of fused-ring (bicyclic) bond motifs is 14. The van der Waals surface area contributed by atoms with Crippen LogP contribution < -0.4 is 9.05 Å². The molecule has 2 aliphatic heterocycles. The summed E-state index contributed by atoms with van der Waals surface area (Å²) < 4.78 is 67.9. The summed E-state index contributed by atoms with van der Waals surface area (Å²) in [6.45, 7) is 7.93. The monoisotopic (exact) mass is 890 g/mol. The molecule has 2 saturated heterocycles. The zero-order valence-corrected chi connectivity index (χ0v) is 37.3. The van der Waals surface area contributed by atoms with Crippen LogP contribution in [0.15, 0.2) is 162 Å². The molecular weight excluding hydrogens is 847 g/mol. The molecule has 0 radical (unpaired) electrons. The van der Waals surface area contributed by atoms with E-state index in [0.29, 0.717) is 22.3 Å². The Kier molecular flexibility index (Phi) is 9.68. The Labute approximate surface area is 369 Å². The number of benzene rings is 8. The molecule has 12 heteroatoms. The Morgan fingerprint density at radius 3 is 0.953 bits per heavy atom. The van der Waals surface area contributed by atoms with E-state index in [9.17, 15) is 0 Å². The fourth-order valence-corrected chi connectivity index (χ4v) is 11.8. The van der Waals surface area contributed by atoms with Crippen molar-refractivity contribution in [1.29, 1.82) is 0 Å². The van der Waals surface area contributed by atoms with E-state index in [-0.39, 0.29) is 13.2 Å². The van der Waals surface area contributed by atoms with Crippen LogP contribution in [0.4, 0.5) is 0 Å². The highest BCUT2D eigenvalue weighted by atomic mass is 31.1. The average Bonchev–Trinajstić information content (AvgIpc) is 3.74. The smallest absolute Gasteiger partial charge is 0.387 e. The molecule has 2 fully saturated rings. The fraction of sp³-hybridized carbons (Fsp3) is 0.231. The van der Waals surface area contributed by atoms with Gasteiger partial charge >= 0.3 is 16.5 Å². The first-order chi connectivity index (χ1) is 31.1. The average molecular weight is 891 g/mol. The Morgan fingerprint density at radius 1 is 0.406 bits per heavy atom. The molecule has 4 atom stereocenters.